The lowest BCUT2D eigenvalue weighted by molar-refractivity contribution is 0.0697. The number of aromatic nitrogens is 1. The highest BCUT2D eigenvalue weighted by Crippen LogP contribution is 2.33. The van der Waals surface area contributed by atoms with E-state index in [2.05, 4.69) is 4.98 Å². The Kier molecular flexibility index (Phi) is 6.82. The van der Waals surface area contributed by atoms with E-state index in [-0.39, 0.29) is 18.8 Å². The number of carboxylic acid groups (broad SMARTS) is 1. The van der Waals surface area contributed by atoms with Crippen molar-refractivity contribution in [3.63, 3.8) is 0 Å². The van der Waals surface area contributed by atoms with Crippen molar-refractivity contribution < 1.29 is 28.1 Å². The molecule has 3 aromatic carbocycles. The van der Waals surface area contributed by atoms with Crippen LogP contribution in [0.15, 0.2) is 85.1 Å². The summed E-state index contributed by atoms with van der Waals surface area (Å²) in [5, 5.41) is 9.75. The van der Waals surface area contributed by atoms with Crippen LogP contribution >= 0.6 is 0 Å². The van der Waals surface area contributed by atoms with Gasteiger partial charge in [-0.2, -0.15) is 0 Å². The number of anilines is 2. The Labute approximate surface area is 192 Å². The maximum Gasteiger partial charge on any atom is 0.335 e. The average molecular weight is 463 g/mol. The van der Waals surface area contributed by atoms with Crippen LogP contribution in [-0.4, -0.2) is 38.0 Å². The van der Waals surface area contributed by atoms with Crippen molar-refractivity contribution in [1.29, 1.82) is 0 Å². The van der Waals surface area contributed by atoms with Gasteiger partial charge >= 0.3 is 5.97 Å². The van der Waals surface area contributed by atoms with Gasteiger partial charge in [-0.3, -0.25) is 13.5 Å². The molecule has 9 heteroatoms. The van der Waals surface area contributed by atoms with E-state index < -0.39 is 17.2 Å². The quantitative estimate of drug-likeness (QED) is 0.290. The summed E-state index contributed by atoms with van der Waals surface area (Å²) in [7, 11) is 0. The highest BCUT2D eigenvalue weighted by molar-refractivity contribution is 7.81. The summed E-state index contributed by atoms with van der Waals surface area (Å²) in [6.07, 6.45) is 1.62. The lowest BCUT2D eigenvalue weighted by Crippen LogP contribution is -2.20. The fraction of sp³-hybridized carbons (Fsp3) is 0.0833. The molecule has 1 heterocycles. The fourth-order valence-corrected chi connectivity index (χ4v) is 3.85. The lowest BCUT2D eigenvalue weighted by atomic mass is 10.2. The Morgan fingerprint density at radius 3 is 2.12 bits per heavy atom. The van der Waals surface area contributed by atoms with Crippen LogP contribution in [0.1, 0.15) is 10.4 Å². The van der Waals surface area contributed by atoms with Crippen molar-refractivity contribution in [3.05, 3.63) is 90.6 Å². The summed E-state index contributed by atoms with van der Waals surface area (Å²) in [5.74, 6) is 0.0943. The normalized spacial score (nSPS) is 11.7. The van der Waals surface area contributed by atoms with Crippen LogP contribution in [0.4, 0.5) is 11.4 Å². The van der Waals surface area contributed by atoms with Gasteiger partial charge in [-0.25, -0.2) is 4.79 Å². The van der Waals surface area contributed by atoms with Crippen LogP contribution < -0.4 is 13.8 Å². The number of hydrogen-bond acceptors (Lipinski definition) is 6. The van der Waals surface area contributed by atoms with Crippen molar-refractivity contribution >= 4 is 39.5 Å². The first-order valence-electron chi connectivity index (χ1n) is 9.95. The molecular formula is C24H19N2O6S-. The van der Waals surface area contributed by atoms with Crippen LogP contribution in [0, 0.1) is 0 Å². The van der Waals surface area contributed by atoms with Crippen LogP contribution in [0.3, 0.4) is 0 Å². The summed E-state index contributed by atoms with van der Waals surface area (Å²) >= 11 is -2.55. The van der Waals surface area contributed by atoms with Crippen molar-refractivity contribution in [2.45, 2.75) is 0 Å². The van der Waals surface area contributed by atoms with Gasteiger partial charge in [0, 0.05) is 11.6 Å². The van der Waals surface area contributed by atoms with Crippen molar-refractivity contribution in [2.24, 2.45) is 0 Å². The summed E-state index contributed by atoms with van der Waals surface area (Å²) in [5.41, 5.74) is 1.67. The van der Waals surface area contributed by atoms with Gasteiger partial charge in [-0.1, -0.05) is 18.2 Å². The largest absolute Gasteiger partial charge is 0.755 e. The minimum atomic E-state index is -2.55. The predicted molar refractivity (Wildman–Crippen MR) is 124 cm³/mol. The molecule has 1 atom stereocenters. The zero-order valence-corrected chi connectivity index (χ0v) is 18.1. The van der Waals surface area contributed by atoms with Gasteiger partial charge in [0.2, 0.25) is 0 Å². The molecule has 0 bridgehead atoms. The highest BCUT2D eigenvalue weighted by Gasteiger charge is 2.14. The smallest absolute Gasteiger partial charge is 0.335 e. The van der Waals surface area contributed by atoms with E-state index >= 15 is 0 Å². The molecule has 0 aliphatic rings. The van der Waals surface area contributed by atoms with E-state index in [1.54, 1.807) is 60.8 Å². The Morgan fingerprint density at radius 1 is 0.909 bits per heavy atom. The predicted octanol–water partition coefficient (Wildman–Crippen LogP) is 4.32. The second kappa shape index (κ2) is 10.1. The first-order valence-corrected chi connectivity index (χ1v) is 11.0. The minimum Gasteiger partial charge on any atom is -0.755 e. The fourth-order valence-electron chi connectivity index (χ4n) is 3.25. The van der Waals surface area contributed by atoms with Gasteiger partial charge in [0.15, 0.2) is 0 Å². The highest BCUT2D eigenvalue weighted by atomic mass is 32.2. The van der Waals surface area contributed by atoms with E-state index in [1.165, 1.54) is 16.4 Å². The Balaban J connectivity index is 1.40. The van der Waals surface area contributed by atoms with Crippen molar-refractivity contribution in [1.82, 2.24) is 4.98 Å². The molecule has 1 aromatic heterocycles. The number of carboxylic acids is 1. The summed E-state index contributed by atoms with van der Waals surface area (Å²) in [4.78, 5) is 15.2. The van der Waals surface area contributed by atoms with E-state index in [4.69, 9.17) is 14.6 Å². The van der Waals surface area contributed by atoms with Gasteiger partial charge in [0.05, 0.1) is 33.7 Å². The molecule has 0 saturated heterocycles. The second-order valence-electron chi connectivity index (χ2n) is 6.88. The topological polar surface area (TPSA) is 112 Å². The number of nitrogens with zero attached hydrogens (tertiary/aromatic N) is 2. The van der Waals surface area contributed by atoms with E-state index in [9.17, 15) is 13.6 Å². The number of para-hydroxylation sites is 1. The molecular weight excluding hydrogens is 444 g/mol. The van der Waals surface area contributed by atoms with E-state index in [1.807, 2.05) is 12.1 Å². The number of pyridine rings is 1. The first kappa shape index (κ1) is 22.3. The summed E-state index contributed by atoms with van der Waals surface area (Å²) < 4.78 is 36.5. The van der Waals surface area contributed by atoms with Gasteiger partial charge < -0.3 is 19.1 Å². The molecule has 0 fully saturated rings. The molecule has 0 spiro atoms. The monoisotopic (exact) mass is 463 g/mol. The number of rotatable bonds is 9. The van der Waals surface area contributed by atoms with Gasteiger partial charge in [0.25, 0.3) is 0 Å². The number of hydrogen-bond donors (Lipinski definition) is 1. The molecule has 1 unspecified atom stereocenters. The SMILES string of the molecule is O=C(O)c1ccc(OCCOc2ccc(N(c3cccc4cccnc34)S(=O)[O-])cc2)cc1. The van der Waals surface area contributed by atoms with Crippen molar-refractivity contribution in [2.75, 3.05) is 17.5 Å². The molecule has 0 aliphatic carbocycles. The molecule has 0 aliphatic heterocycles. The summed E-state index contributed by atoms with van der Waals surface area (Å²) in [6, 6.07) is 21.8. The lowest BCUT2D eigenvalue weighted by Gasteiger charge is -2.27. The standard InChI is InChI=1S/C24H20N2O6S/c27-24(28)18-6-10-20(11-7-18)31-15-16-32-21-12-8-19(9-13-21)26(33(29)30)22-5-1-3-17-4-2-14-25-23(17)22/h1-14H,15-16H2,(H,27,28)(H,29,30)/p-1. The number of carbonyl (C=O) groups is 1. The van der Waals surface area contributed by atoms with Crippen LogP contribution in [0.5, 0.6) is 11.5 Å². The van der Waals surface area contributed by atoms with Gasteiger partial charge in [-0.15, -0.1) is 0 Å². The third kappa shape index (κ3) is 5.28. The molecule has 8 nitrogen and oxygen atoms in total. The molecule has 1 N–H and O–H groups in total. The van der Waals surface area contributed by atoms with Crippen LogP contribution in [0.25, 0.3) is 10.9 Å². The third-order valence-corrected chi connectivity index (χ3v) is 5.48. The summed E-state index contributed by atoms with van der Waals surface area (Å²) in [6.45, 7) is 0.511. The maximum atomic E-state index is 12.1. The molecule has 0 radical (unpaired) electrons. The van der Waals surface area contributed by atoms with Gasteiger partial charge in [0.1, 0.15) is 24.7 Å². The number of aromatic carboxylic acids is 1. The van der Waals surface area contributed by atoms with Crippen LogP contribution in [0.2, 0.25) is 0 Å². The molecule has 33 heavy (non-hydrogen) atoms. The molecule has 168 valence electrons. The average Bonchev–Trinajstić information content (AvgIpc) is 2.83. The molecule has 0 amide bonds. The number of ether oxygens (including phenoxy) is 2. The first-order chi connectivity index (χ1) is 16.0. The number of fused-ring (bicyclic) bond motifs is 1. The Hall–Kier alpha value is -3.95. The Morgan fingerprint density at radius 2 is 1.52 bits per heavy atom. The number of benzene rings is 3. The zero-order valence-electron chi connectivity index (χ0n) is 17.3. The zero-order chi connectivity index (χ0) is 23.2. The maximum absolute atomic E-state index is 12.1. The Bertz CT molecular complexity index is 1270. The second-order valence-corrected chi connectivity index (χ2v) is 7.68. The van der Waals surface area contributed by atoms with E-state index in [0.29, 0.717) is 28.4 Å². The molecule has 4 aromatic rings. The molecule has 0 saturated carbocycles. The van der Waals surface area contributed by atoms with Crippen molar-refractivity contribution in [3.8, 4) is 11.5 Å². The third-order valence-electron chi connectivity index (χ3n) is 4.77. The van der Waals surface area contributed by atoms with E-state index in [0.717, 1.165) is 5.39 Å². The van der Waals surface area contributed by atoms with Crippen LogP contribution in [-0.2, 0) is 11.3 Å². The minimum absolute atomic E-state index is 0.186. The molecule has 4 rings (SSSR count). The van der Waals surface area contributed by atoms with Gasteiger partial charge in [-0.05, 0) is 60.7 Å².